The van der Waals surface area contributed by atoms with Gasteiger partial charge in [-0.1, -0.05) is 33.1 Å². The summed E-state index contributed by atoms with van der Waals surface area (Å²) in [6.07, 6.45) is 1.23. The molecule has 0 unspecified atom stereocenters. The zero-order valence-corrected chi connectivity index (χ0v) is 13.1. The Labute approximate surface area is 130 Å². The van der Waals surface area contributed by atoms with E-state index in [2.05, 4.69) is 45.9 Å². The van der Waals surface area contributed by atoms with Crippen LogP contribution >= 0.6 is 0 Å². The monoisotopic (exact) mass is 212 g/mol. The summed E-state index contributed by atoms with van der Waals surface area (Å²) in [5, 5.41) is 0. The van der Waals surface area contributed by atoms with Gasteiger partial charge in [-0.3, -0.25) is 0 Å². The molecule has 0 nitrogen and oxygen atoms in total. The van der Waals surface area contributed by atoms with E-state index in [-0.39, 0.29) is 51.4 Å². The molecule has 0 bridgehead atoms. The molecule has 1 aliphatic rings. The van der Waals surface area contributed by atoms with Gasteiger partial charge in [0, 0.05) is 0 Å². The number of hydrogen-bond donors (Lipinski definition) is 0. The standard InChI is InChI=1S/C13H17.K/c1-12(2)9-13(3,4)11-8-6-5-7-10(11)12;/h5-7H,9H2,1-4H3;/q-1;+1. The summed E-state index contributed by atoms with van der Waals surface area (Å²) in [5.41, 5.74) is 3.54. The van der Waals surface area contributed by atoms with Crippen molar-refractivity contribution in [2.45, 2.75) is 44.9 Å². The molecule has 0 amide bonds. The van der Waals surface area contributed by atoms with E-state index in [1.54, 1.807) is 0 Å². The fourth-order valence-corrected chi connectivity index (χ4v) is 2.85. The molecule has 2 rings (SSSR count). The predicted molar refractivity (Wildman–Crippen MR) is 55.9 cm³/mol. The molecule has 70 valence electrons. The van der Waals surface area contributed by atoms with Crippen molar-refractivity contribution in [3.63, 3.8) is 0 Å². The summed E-state index contributed by atoms with van der Waals surface area (Å²) in [7, 11) is 0. The number of rotatable bonds is 0. The van der Waals surface area contributed by atoms with Crippen molar-refractivity contribution < 1.29 is 51.4 Å². The Hall–Kier alpha value is 0.856. The van der Waals surface area contributed by atoms with Crippen LogP contribution < -0.4 is 51.4 Å². The fraction of sp³-hybridized carbons (Fsp3) is 0.538. The topological polar surface area (TPSA) is 0 Å². The minimum atomic E-state index is 0. The van der Waals surface area contributed by atoms with Crippen LogP contribution in [0.5, 0.6) is 0 Å². The van der Waals surface area contributed by atoms with Crippen molar-refractivity contribution >= 4 is 0 Å². The first-order valence-corrected chi connectivity index (χ1v) is 4.95. The molecule has 0 atom stereocenters. The molecule has 0 N–H and O–H groups in total. The van der Waals surface area contributed by atoms with Crippen molar-refractivity contribution in [2.24, 2.45) is 0 Å². The largest absolute Gasteiger partial charge is 1.00 e. The first kappa shape index (κ1) is 12.9. The van der Waals surface area contributed by atoms with Crippen LogP contribution in [0, 0.1) is 6.07 Å². The van der Waals surface area contributed by atoms with Crippen LogP contribution in [0.3, 0.4) is 0 Å². The van der Waals surface area contributed by atoms with Crippen molar-refractivity contribution in [3.05, 3.63) is 35.4 Å². The number of benzene rings is 1. The van der Waals surface area contributed by atoms with Gasteiger partial charge < -0.3 is 0 Å². The molecule has 0 radical (unpaired) electrons. The Bertz CT molecular complexity index is 304. The maximum Gasteiger partial charge on any atom is 1.00 e. The quantitative estimate of drug-likeness (QED) is 0.433. The van der Waals surface area contributed by atoms with Gasteiger partial charge in [-0.2, -0.15) is 29.8 Å². The van der Waals surface area contributed by atoms with Gasteiger partial charge in [0.2, 0.25) is 0 Å². The summed E-state index contributed by atoms with van der Waals surface area (Å²) in [6.45, 7) is 9.29. The van der Waals surface area contributed by atoms with Gasteiger partial charge in [-0.25, -0.2) is 0 Å². The molecular weight excluding hydrogens is 195 g/mol. The minimum Gasteiger partial charge on any atom is -0.180 e. The molecule has 0 saturated carbocycles. The van der Waals surface area contributed by atoms with Gasteiger partial charge >= 0.3 is 51.4 Å². The molecule has 0 fully saturated rings. The molecule has 1 heteroatoms. The van der Waals surface area contributed by atoms with Gasteiger partial charge in [-0.05, 0) is 11.8 Å². The second-order valence-corrected chi connectivity index (χ2v) is 5.40. The normalized spacial score (nSPS) is 21.1. The van der Waals surface area contributed by atoms with Crippen LogP contribution in [-0.2, 0) is 10.8 Å². The molecular formula is C13H17K. The molecule has 0 saturated heterocycles. The summed E-state index contributed by atoms with van der Waals surface area (Å²) in [5.74, 6) is 0. The van der Waals surface area contributed by atoms with Crippen LogP contribution in [0.2, 0.25) is 0 Å². The van der Waals surface area contributed by atoms with Gasteiger partial charge in [0.15, 0.2) is 0 Å². The SMILES string of the molecule is CC1(C)CC(C)(C)c2ccc[c-]c21.[K+]. The first-order chi connectivity index (χ1) is 5.93. The van der Waals surface area contributed by atoms with Crippen molar-refractivity contribution in [3.8, 4) is 0 Å². The van der Waals surface area contributed by atoms with E-state index in [1.165, 1.54) is 17.5 Å². The van der Waals surface area contributed by atoms with E-state index in [9.17, 15) is 0 Å². The van der Waals surface area contributed by atoms with Gasteiger partial charge in [-0.15, -0.1) is 5.56 Å². The second-order valence-electron chi connectivity index (χ2n) is 5.40. The second kappa shape index (κ2) is 4.02. The van der Waals surface area contributed by atoms with Crippen LogP contribution in [-0.4, -0.2) is 0 Å². The Morgan fingerprint density at radius 3 is 2.36 bits per heavy atom. The van der Waals surface area contributed by atoms with Crippen molar-refractivity contribution in [2.75, 3.05) is 0 Å². The van der Waals surface area contributed by atoms with Crippen molar-refractivity contribution in [1.29, 1.82) is 0 Å². The molecule has 0 heterocycles. The van der Waals surface area contributed by atoms with Crippen LogP contribution in [0.25, 0.3) is 0 Å². The third kappa shape index (κ3) is 2.03. The minimum absolute atomic E-state index is 0. The Morgan fingerprint density at radius 1 is 1.14 bits per heavy atom. The maximum absolute atomic E-state index is 3.39. The Balaban J connectivity index is 0.000000980. The van der Waals surface area contributed by atoms with Crippen LogP contribution in [0.4, 0.5) is 0 Å². The first-order valence-electron chi connectivity index (χ1n) is 4.95. The van der Waals surface area contributed by atoms with E-state index < -0.39 is 0 Å². The van der Waals surface area contributed by atoms with Gasteiger partial charge in [0.25, 0.3) is 0 Å². The third-order valence-electron chi connectivity index (χ3n) is 3.15. The fourth-order valence-electron chi connectivity index (χ4n) is 2.85. The van der Waals surface area contributed by atoms with Crippen LogP contribution in [0.1, 0.15) is 45.2 Å². The summed E-state index contributed by atoms with van der Waals surface area (Å²) < 4.78 is 0. The van der Waals surface area contributed by atoms with E-state index >= 15 is 0 Å². The summed E-state index contributed by atoms with van der Waals surface area (Å²) >= 11 is 0. The van der Waals surface area contributed by atoms with E-state index in [4.69, 9.17) is 0 Å². The smallest absolute Gasteiger partial charge is 0.180 e. The number of hydrogen-bond acceptors (Lipinski definition) is 0. The Kier molecular flexibility index (Phi) is 3.71. The Morgan fingerprint density at radius 2 is 1.79 bits per heavy atom. The summed E-state index contributed by atoms with van der Waals surface area (Å²) in [4.78, 5) is 0. The average molecular weight is 212 g/mol. The van der Waals surface area contributed by atoms with Gasteiger partial charge in [0.05, 0.1) is 0 Å². The summed E-state index contributed by atoms with van der Waals surface area (Å²) in [6, 6.07) is 9.77. The third-order valence-corrected chi connectivity index (χ3v) is 3.15. The van der Waals surface area contributed by atoms with Crippen molar-refractivity contribution in [1.82, 2.24) is 0 Å². The van der Waals surface area contributed by atoms with E-state index in [0.29, 0.717) is 10.8 Å². The number of fused-ring (bicyclic) bond motifs is 1. The van der Waals surface area contributed by atoms with E-state index in [0.717, 1.165) is 0 Å². The zero-order valence-electron chi connectivity index (χ0n) is 9.94. The molecule has 0 spiro atoms. The van der Waals surface area contributed by atoms with Crippen LogP contribution in [0.15, 0.2) is 18.2 Å². The molecule has 1 aromatic rings. The maximum atomic E-state index is 3.39. The van der Waals surface area contributed by atoms with E-state index in [1.807, 2.05) is 6.07 Å². The molecule has 14 heavy (non-hydrogen) atoms. The average Bonchev–Trinajstić information content (AvgIpc) is 2.20. The molecule has 1 aliphatic carbocycles. The molecule has 0 aromatic heterocycles. The molecule has 1 aromatic carbocycles. The molecule has 0 aliphatic heterocycles. The zero-order chi connectivity index (χ0) is 9.69. The predicted octanol–water partition coefficient (Wildman–Crippen LogP) is 0.450. The van der Waals surface area contributed by atoms with Gasteiger partial charge in [0.1, 0.15) is 0 Å².